The van der Waals surface area contributed by atoms with Crippen LogP contribution in [0.5, 0.6) is 0 Å². The van der Waals surface area contributed by atoms with Crippen LogP contribution in [-0.4, -0.2) is 0 Å². The molecule has 2 aromatic rings. The summed E-state index contributed by atoms with van der Waals surface area (Å²) >= 11 is 3.72. The smallest absolute Gasteiger partial charge is 0.122 e. The quantitative estimate of drug-likeness (QED) is 0.708. The molecule has 0 N–H and O–H groups in total. The molecule has 18 heavy (non-hydrogen) atoms. The lowest BCUT2D eigenvalue weighted by molar-refractivity contribution is 0.492. The number of aryl methyl sites for hydroxylation is 3. The van der Waals surface area contributed by atoms with Crippen LogP contribution in [0.1, 0.15) is 46.9 Å². The minimum absolute atomic E-state index is 0.141. The lowest BCUT2D eigenvalue weighted by Crippen LogP contribution is -1.96. The molecule has 0 aliphatic rings. The number of rotatable bonds is 4. The molecule has 96 valence electrons. The number of alkyl halides is 1. The average molecular weight is 307 g/mol. The highest BCUT2D eigenvalue weighted by molar-refractivity contribution is 9.09. The summed E-state index contributed by atoms with van der Waals surface area (Å²) in [5, 5.41) is 0. The summed E-state index contributed by atoms with van der Waals surface area (Å²) < 4.78 is 5.68. The van der Waals surface area contributed by atoms with Gasteiger partial charge < -0.3 is 4.42 Å². The van der Waals surface area contributed by atoms with Crippen molar-refractivity contribution in [2.45, 2.75) is 38.4 Å². The number of halogens is 1. The van der Waals surface area contributed by atoms with Gasteiger partial charge in [0.25, 0.3) is 0 Å². The normalized spacial score (nSPS) is 12.7. The minimum Gasteiger partial charge on any atom is -0.465 e. The van der Waals surface area contributed by atoms with E-state index in [9.17, 15) is 0 Å². The molecule has 1 heterocycles. The molecule has 0 saturated carbocycles. The third-order valence-electron chi connectivity index (χ3n) is 3.30. The van der Waals surface area contributed by atoms with E-state index in [1.807, 2.05) is 19.1 Å². The van der Waals surface area contributed by atoms with E-state index in [4.69, 9.17) is 4.42 Å². The van der Waals surface area contributed by atoms with E-state index in [1.165, 1.54) is 16.7 Å². The first-order chi connectivity index (χ1) is 8.65. The molecule has 0 saturated heterocycles. The van der Waals surface area contributed by atoms with E-state index in [1.54, 1.807) is 0 Å². The lowest BCUT2D eigenvalue weighted by Gasteiger charge is -2.12. The van der Waals surface area contributed by atoms with Crippen molar-refractivity contribution in [1.29, 1.82) is 0 Å². The van der Waals surface area contributed by atoms with Gasteiger partial charge >= 0.3 is 0 Å². The standard InChI is InChI=1S/C16H19BrO/c1-4-12-7-8-14(10-13(12)5-2)16(17)15-9-6-11(3)18-15/h6-10,16H,4-5H2,1-3H3. The Bertz CT molecular complexity index is 528. The predicted octanol–water partition coefficient (Wildman–Crippen LogP) is 5.20. The van der Waals surface area contributed by atoms with Crippen LogP contribution in [0, 0.1) is 6.92 Å². The molecule has 1 atom stereocenters. The van der Waals surface area contributed by atoms with Crippen LogP contribution >= 0.6 is 15.9 Å². The van der Waals surface area contributed by atoms with Gasteiger partial charge in [-0.1, -0.05) is 48.0 Å². The molecule has 1 unspecified atom stereocenters. The number of hydrogen-bond donors (Lipinski definition) is 0. The van der Waals surface area contributed by atoms with Crippen LogP contribution in [0.25, 0.3) is 0 Å². The maximum atomic E-state index is 5.68. The Labute approximate surface area is 117 Å². The van der Waals surface area contributed by atoms with Gasteiger partial charge in [-0.25, -0.2) is 0 Å². The fourth-order valence-electron chi connectivity index (χ4n) is 2.23. The molecule has 1 aromatic carbocycles. The maximum Gasteiger partial charge on any atom is 0.122 e. The van der Waals surface area contributed by atoms with Gasteiger partial charge in [0.15, 0.2) is 0 Å². The van der Waals surface area contributed by atoms with E-state index in [0.29, 0.717) is 0 Å². The molecule has 1 nitrogen and oxygen atoms in total. The first kappa shape index (κ1) is 13.4. The third kappa shape index (κ3) is 2.69. The maximum absolute atomic E-state index is 5.68. The highest BCUT2D eigenvalue weighted by Gasteiger charge is 2.15. The van der Waals surface area contributed by atoms with E-state index < -0.39 is 0 Å². The first-order valence-corrected chi connectivity index (χ1v) is 7.39. The monoisotopic (exact) mass is 306 g/mol. The molecule has 0 amide bonds. The van der Waals surface area contributed by atoms with Crippen LogP contribution in [0.15, 0.2) is 34.7 Å². The van der Waals surface area contributed by atoms with Gasteiger partial charge in [-0.05, 0) is 48.6 Å². The summed E-state index contributed by atoms with van der Waals surface area (Å²) in [7, 11) is 0. The fraction of sp³-hybridized carbons (Fsp3) is 0.375. The van der Waals surface area contributed by atoms with Gasteiger partial charge in [-0.3, -0.25) is 0 Å². The zero-order valence-corrected chi connectivity index (χ0v) is 12.8. The summed E-state index contributed by atoms with van der Waals surface area (Å²) in [5.41, 5.74) is 4.14. The Morgan fingerprint density at radius 1 is 1.06 bits per heavy atom. The molecule has 0 aliphatic carbocycles. The highest BCUT2D eigenvalue weighted by atomic mass is 79.9. The Hall–Kier alpha value is -1.02. The third-order valence-corrected chi connectivity index (χ3v) is 4.28. The molecule has 0 fully saturated rings. The average Bonchev–Trinajstić information content (AvgIpc) is 2.83. The van der Waals surface area contributed by atoms with Gasteiger partial charge in [-0.15, -0.1) is 0 Å². The van der Waals surface area contributed by atoms with Crippen LogP contribution in [0.4, 0.5) is 0 Å². The number of benzene rings is 1. The van der Waals surface area contributed by atoms with E-state index in [-0.39, 0.29) is 4.83 Å². The van der Waals surface area contributed by atoms with Crippen molar-refractivity contribution in [2.24, 2.45) is 0 Å². The van der Waals surface area contributed by atoms with Crippen LogP contribution < -0.4 is 0 Å². The molecule has 2 rings (SSSR count). The Morgan fingerprint density at radius 2 is 1.78 bits per heavy atom. The van der Waals surface area contributed by atoms with Gasteiger partial charge in [0.1, 0.15) is 11.5 Å². The number of hydrogen-bond acceptors (Lipinski definition) is 1. The van der Waals surface area contributed by atoms with Crippen molar-refractivity contribution in [3.05, 3.63) is 58.5 Å². The topological polar surface area (TPSA) is 13.1 Å². The summed E-state index contributed by atoms with van der Waals surface area (Å²) in [6, 6.07) is 10.8. The highest BCUT2D eigenvalue weighted by Crippen LogP contribution is 2.33. The largest absolute Gasteiger partial charge is 0.465 e. The summed E-state index contributed by atoms with van der Waals surface area (Å²) in [4.78, 5) is 0.141. The van der Waals surface area contributed by atoms with E-state index in [2.05, 4.69) is 48.0 Å². The molecule has 2 heteroatoms. The van der Waals surface area contributed by atoms with Crippen LogP contribution in [0.2, 0.25) is 0 Å². The Balaban J connectivity index is 2.33. The van der Waals surface area contributed by atoms with Gasteiger partial charge in [0.2, 0.25) is 0 Å². The van der Waals surface area contributed by atoms with Gasteiger partial charge in [0, 0.05) is 0 Å². The summed E-state index contributed by atoms with van der Waals surface area (Å²) in [6.07, 6.45) is 2.17. The molecular weight excluding hydrogens is 288 g/mol. The van der Waals surface area contributed by atoms with Crippen molar-refractivity contribution in [3.63, 3.8) is 0 Å². The van der Waals surface area contributed by atoms with E-state index in [0.717, 1.165) is 24.4 Å². The SMILES string of the molecule is CCc1ccc(C(Br)c2ccc(C)o2)cc1CC. The van der Waals surface area contributed by atoms with Crippen molar-refractivity contribution >= 4 is 15.9 Å². The van der Waals surface area contributed by atoms with Gasteiger partial charge in [-0.2, -0.15) is 0 Å². The zero-order chi connectivity index (χ0) is 13.1. The molecule has 0 bridgehead atoms. The van der Waals surface area contributed by atoms with Crippen LogP contribution in [0.3, 0.4) is 0 Å². The van der Waals surface area contributed by atoms with Crippen molar-refractivity contribution in [3.8, 4) is 0 Å². The second-order valence-electron chi connectivity index (χ2n) is 4.55. The summed E-state index contributed by atoms with van der Waals surface area (Å²) in [5.74, 6) is 1.93. The number of furan rings is 1. The first-order valence-electron chi connectivity index (χ1n) is 6.47. The Morgan fingerprint density at radius 3 is 2.33 bits per heavy atom. The molecule has 0 aliphatic heterocycles. The minimum atomic E-state index is 0.141. The van der Waals surface area contributed by atoms with Crippen LogP contribution in [-0.2, 0) is 12.8 Å². The predicted molar refractivity (Wildman–Crippen MR) is 79.4 cm³/mol. The molecule has 0 radical (unpaired) electrons. The van der Waals surface area contributed by atoms with Crippen molar-refractivity contribution in [1.82, 2.24) is 0 Å². The fourth-order valence-corrected chi connectivity index (χ4v) is 2.76. The second kappa shape index (κ2) is 5.75. The summed E-state index contributed by atoms with van der Waals surface area (Å²) in [6.45, 7) is 6.38. The molecular formula is C16H19BrO. The molecule has 1 aromatic heterocycles. The van der Waals surface area contributed by atoms with E-state index >= 15 is 0 Å². The van der Waals surface area contributed by atoms with Crippen molar-refractivity contribution < 1.29 is 4.42 Å². The van der Waals surface area contributed by atoms with Crippen molar-refractivity contribution in [2.75, 3.05) is 0 Å². The molecule has 0 spiro atoms. The Kier molecular flexibility index (Phi) is 4.28. The van der Waals surface area contributed by atoms with Gasteiger partial charge in [0.05, 0.1) is 4.83 Å². The lowest BCUT2D eigenvalue weighted by atomic mass is 9.98. The second-order valence-corrected chi connectivity index (χ2v) is 5.46. The zero-order valence-electron chi connectivity index (χ0n) is 11.2.